The Labute approximate surface area is 169 Å². The summed E-state index contributed by atoms with van der Waals surface area (Å²) in [6.45, 7) is 7.46. The van der Waals surface area contributed by atoms with Gasteiger partial charge in [0.1, 0.15) is 0 Å². The fourth-order valence-electron chi connectivity index (χ4n) is 3.44. The van der Waals surface area contributed by atoms with E-state index in [2.05, 4.69) is 15.2 Å². The number of carbonyl (C=O) groups is 1. The molecule has 0 aliphatic carbocycles. The zero-order valence-corrected chi connectivity index (χ0v) is 16.8. The van der Waals surface area contributed by atoms with E-state index in [9.17, 15) is 4.79 Å². The number of hydroxylamine groups is 1. The van der Waals surface area contributed by atoms with Crippen LogP contribution in [0.15, 0.2) is 49.1 Å². The van der Waals surface area contributed by atoms with Crippen LogP contribution in [0.2, 0.25) is 0 Å². The maximum atomic E-state index is 13.5. The second-order valence-corrected chi connectivity index (χ2v) is 7.31. The summed E-state index contributed by atoms with van der Waals surface area (Å²) in [6.07, 6.45) is 6.79. The minimum absolute atomic E-state index is 0.0543. The minimum Gasteiger partial charge on any atom is -0.332 e. The molecule has 0 spiro atoms. The highest BCUT2D eigenvalue weighted by Gasteiger charge is 2.28. The van der Waals surface area contributed by atoms with E-state index in [1.807, 2.05) is 61.2 Å². The summed E-state index contributed by atoms with van der Waals surface area (Å²) in [5.41, 5.74) is 4.22. The number of hydrogen-bond donors (Lipinski definition) is 0. The fourth-order valence-corrected chi connectivity index (χ4v) is 3.44. The fraction of sp³-hybridized carbons (Fsp3) is 0.333. The normalized spacial score (nSPS) is 17.3. The van der Waals surface area contributed by atoms with Crippen LogP contribution in [-0.4, -0.2) is 56.5 Å². The van der Waals surface area contributed by atoms with Crippen LogP contribution in [-0.2, 0) is 4.84 Å². The molecule has 0 saturated carbocycles. The van der Waals surface area contributed by atoms with Crippen molar-refractivity contribution in [3.8, 4) is 5.69 Å². The second-order valence-electron chi connectivity index (χ2n) is 7.31. The van der Waals surface area contributed by atoms with Gasteiger partial charge in [0.25, 0.3) is 5.91 Å². The van der Waals surface area contributed by atoms with E-state index in [4.69, 9.17) is 4.84 Å². The number of rotatable bonds is 3. The van der Waals surface area contributed by atoms with Crippen molar-refractivity contribution >= 4 is 11.6 Å². The number of nitrogens with zero attached hydrogens (tertiary/aromatic N) is 6. The van der Waals surface area contributed by atoms with Crippen LogP contribution in [0.3, 0.4) is 0 Å². The minimum atomic E-state index is -0.0794. The predicted octanol–water partition coefficient (Wildman–Crippen LogP) is 2.56. The van der Waals surface area contributed by atoms with Gasteiger partial charge in [0.05, 0.1) is 54.7 Å². The molecule has 1 atom stereocenters. The number of anilines is 1. The maximum absolute atomic E-state index is 13.5. The molecule has 1 saturated heterocycles. The molecule has 4 rings (SSSR count). The average molecular weight is 392 g/mol. The molecule has 3 aromatic rings. The Balaban J connectivity index is 1.60. The first kappa shape index (κ1) is 19.1. The van der Waals surface area contributed by atoms with Crippen LogP contribution in [0.1, 0.15) is 28.4 Å². The molecule has 8 nitrogen and oxygen atoms in total. The van der Waals surface area contributed by atoms with E-state index in [0.717, 1.165) is 16.8 Å². The van der Waals surface area contributed by atoms with Gasteiger partial charge in [-0.15, -0.1) is 0 Å². The molecule has 2 aromatic heterocycles. The predicted molar refractivity (Wildman–Crippen MR) is 109 cm³/mol. The molecule has 3 heterocycles. The number of hydrogen-bond acceptors (Lipinski definition) is 6. The molecule has 1 fully saturated rings. The number of benzene rings is 1. The molecule has 1 aliphatic heterocycles. The number of pyridine rings is 1. The zero-order valence-electron chi connectivity index (χ0n) is 16.8. The molecular formula is C21H24N6O2. The van der Waals surface area contributed by atoms with Crippen molar-refractivity contribution < 1.29 is 9.63 Å². The lowest BCUT2D eigenvalue weighted by Crippen LogP contribution is -2.41. The first-order valence-corrected chi connectivity index (χ1v) is 9.63. The molecule has 150 valence electrons. The Morgan fingerprint density at radius 3 is 2.62 bits per heavy atom. The molecule has 1 amide bonds. The van der Waals surface area contributed by atoms with Gasteiger partial charge in [-0.25, -0.2) is 0 Å². The maximum Gasteiger partial charge on any atom is 0.256 e. The largest absolute Gasteiger partial charge is 0.332 e. The van der Waals surface area contributed by atoms with Gasteiger partial charge in [-0.1, -0.05) is 11.6 Å². The molecule has 0 unspecified atom stereocenters. The standard InChI is InChI=1S/C21H24N6O2/c1-15-4-5-20(27-23-6-7-24-27)19(11-15)21(28)25-8-9-26(29-14-17(25)3)18-10-16(2)12-22-13-18/h4-7,10-13,17H,8-9,14H2,1-3H3/t17-/m1/s1. The molecular weight excluding hydrogens is 368 g/mol. The van der Waals surface area contributed by atoms with Gasteiger partial charge in [0.2, 0.25) is 0 Å². The summed E-state index contributed by atoms with van der Waals surface area (Å²) in [7, 11) is 0. The third-order valence-electron chi connectivity index (χ3n) is 4.97. The van der Waals surface area contributed by atoms with E-state index < -0.39 is 0 Å². The van der Waals surface area contributed by atoms with Crippen molar-refractivity contribution in [1.82, 2.24) is 24.9 Å². The molecule has 8 heteroatoms. The molecule has 1 aliphatic rings. The lowest BCUT2D eigenvalue weighted by molar-refractivity contribution is 0.0601. The monoisotopic (exact) mass is 392 g/mol. The molecule has 1 aromatic carbocycles. The number of carbonyl (C=O) groups excluding carboxylic acids is 1. The Morgan fingerprint density at radius 1 is 1.07 bits per heavy atom. The first-order valence-electron chi connectivity index (χ1n) is 9.63. The Kier molecular flexibility index (Phi) is 5.26. The number of aromatic nitrogens is 4. The third kappa shape index (κ3) is 3.97. The van der Waals surface area contributed by atoms with Crippen LogP contribution in [0.25, 0.3) is 5.69 Å². The summed E-state index contributed by atoms with van der Waals surface area (Å²) < 4.78 is 0. The quantitative estimate of drug-likeness (QED) is 0.682. The van der Waals surface area contributed by atoms with Crippen molar-refractivity contribution in [2.24, 2.45) is 0 Å². The Bertz CT molecular complexity index is 1000. The van der Waals surface area contributed by atoms with Gasteiger partial charge in [0, 0.05) is 12.7 Å². The van der Waals surface area contributed by atoms with Crippen molar-refractivity contribution in [1.29, 1.82) is 0 Å². The van der Waals surface area contributed by atoms with Crippen LogP contribution in [0, 0.1) is 13.8 Å². The smallest absolute Gasteiger partial charge is 0.256 e. The Morgan fingerprint density at radius 2 is 1.86 bits per heavy atom. The first-order chi connectivity index (χ1) is 14.0. The lowest BCUT2D eigenvalue weighted by Gasteiger charge is -2.26. The average Bonchev–Trinajstić information content (AvgIpc) is 3.17. The van der Waals surface area contributed by atoms with Crippen molar-refractivity contribution in [2.45, 2.75) is 26.8 Å². The van der Waals surface area contributed by atoms with Crippen LogP contribution < -0.4 is 5.06 Å². The highest BCUT2D eigenvalue weighted by molar-refractivity contribution is 5.98. The summed E-state index contributed by atoms with van der Waals surface area (Å²) >= 11 is 0. The SMILES string of the molecule is Cc1cncc(N2CCN(C(=O)c3cc(C)ccc3-n3nccn3)[C@H](C)CO2)c1. The highest BCUT2D eigenvalue weighted by Crippen LogP contribution is 2.22. The zero-order chi connectivity index (χ0) is 20.4. The number of aryl methyl sites for hydroxylation is 2. The van der Waals surface area contributed by atoms with Gasteiger partial charge in [-0.2, -0.15) is 15.0 Å². The topological polar surface area (TPSA) is 76.4 Å². The summed E-state index contributed by atoms with van der Waals surface area (Å²) in [5.74, 6) is -0.0543. The van der Waals surface area contributed by atoms with Crippen molar-refractivity contribution in [3.63, 3.8) is 0 Å². The van der Waals surface area contributed by atoms with Crippen LogP contribution >= 0.6 is 0 Å². The lowest BCUT2D eigenvalue weighted by atomic mass is 10.1. The van der Waals surface area contributed by atoms with Crippen LogP contribution in [0.5, 0.6) is 0 Å². The third-order valence-corrected chi connectivity index (χ3v) is 4.97. The van der Waals surface area contributed by atoms with Crippen molar-refractivity contribution in [3.05, 3.63) is 65.7 Å². The summed E-state index contributed by atoms with van der Waals surface area (Å²) in [4.78, 5) is 27.0. The highest BCUT2D eigenvalue weighted by atomic mass is 16.7. The summed E-state index contributed by atoms with van der Waals surface area (Å²) in [5, 5.41) is 10.2. The van der Waals surface area contributed by atoms with E-state index in [0.29, 0.717) is 30.9 Å². The van der Waals surface area contributed by atoms with Gasteiger partial charge >= 0.3 is 0 Å². The van der Waals surface area contributed by atoms with E-state index in [1.165, 1.54) is 4.80 Å². The van der Waals surface area contributed by atoms with E-state index >= 15 is 0 Å². The van der Waals surface area contributed by atoms with Gasteiger partial charge < -0.3 is 4.90 Å². The van der Waals surface area contributed by atoms with Gasteiger partial charge in [-0.3, -0.25) is 19.7 Å². The van der Waals surface area contributed by atoms with Gasteiger partial charge in [0.15, 0.2) is 0 Å². The van der Waals surface area contributed by atoms with Crippen LogP contribution in [0.4, 0.5) is 5.69 Å². The summed E-state index contributed by atoms with van der Waals surface area (Å²) in [6, 6.07) is 7.67. The van der Waals surface area contributed by atoms with Gasteiger partial charge in [-0.05, 0) is 44.5 Å². The molecule has 0 N–H and O–H groups in total. The number of amides is 1. The molecule has 0 radical (unpaired) electrons. The second kappa shape index (κ2) is 8.00. The van der Waals surface area contributed by atoms with E-state index in [-0.39, 0.29) is 11.9 Å². The Hall–Kier alpha value is -3.26. The van der Waals surface area contributed by atoms with E-state index in [1.54, 1.807) is 18.6 Å². The molecule has 0 bridgehead atoms. The van der Waals surface area contributed by atoms with Crippen molar-refractivity contribution in [2.75, 3.05) is 24.8 Å². The molecule has 29 heavy (non-hydrogen) atoms.